The first-order chi connectivity index (χ1) is 11.0. The molecule has 3 atom stereocenters. The summed E-state index contributed by atoms with van der Waals surface area (Å²) >= 11 is 0. The SMILES string of the molecule is CC(C)c1noc2ncc(C(=O)N[C@@H]3CCC[C@@H](C)[C@H]3C)cc12. The highest BCUT2D eigenvalue weighted by Crippen LogP contribution is 2.30. The van der Waals surface area contributed by atoms with Gasteiger partial charge in [-0.3, -0.25) is 4.79 Å². The second kappa shape index (κ2) is 6.30. The summed E-state index contributed by atoms with van der Waals surface area (Å²) in [7, 11) is 0. The number of nitrogens with zero attached hydrogens (tertiary/aromatic N) is 2. The highest BCUT2D eigenvalue weighted by Gasteiger charge is 2.28. The third-order valence-electron chi connectivity index (χ3n) is 5.19. The lowest BCUT2D eigenvalue weighted by atomic mass is 9.78. The first-order valence-corrected chi connectivity index (χ1v) is 8.53. The van der Waals surface area contributed by atoms with Crippen LogP contribution in [0.3, 0.4) is 0 Å². The van der Waals surface area contributed by atoms with Gasteiger partial charge in [0, 0.05) is 12.2 Å². The van der Waals surface area contributed by atoms with Gasteiger partial charge in [-0.2, -0.15) is 0 Å². The van der Waals surface area contributed by atoms with Crippen molar-refractivity contribution in [2.75, 3.05) is 0 Å². The Morgan fingerprint density at radius 3 is 2.87 bits per heavy atom. The minimum Gasteiger partial charge on any atom is -0.349 e. The highest BCUT2D eigenvalue weighted by atomic mass is 16.5. The number of hydrogen-bond donors (Lipinski definition) is 1. The van der Waals surface area contributed by atoms with Gasteiger partial charge in [-0.1, -0.05) is 45.7 Å². The fourth-order valence-corrected chi connectivity index (χ4v) is 3.43. The second-order valence-electron chi connectivity index (χ2n) is 7.15. The number of hydrogen-bond acceptors (Lipinski definition) is 4. The number of pyridine rings is 1. The summed E-state index contributed by atoms with van der Waals surface area (Å²) in [6.45, 7) is 8.60. The first-order valence-electron chi connectivity index (χ1n) is 8.53. The Hall–Kier alpha value is -1.91. The molecule has 1 saturated carbocycles. The first kappa shape index (κ1) is 16.0. The zero-order valence-corrected chi connectivity index (χ0v) is 14.3. The van der Waals surface area contributed by atoms with Gasteiger partial charge in [0.1, 0.15) is 0 Å². The van der Waals surface area contributed by atoms with Crippen LogP contribution >= 0.6 is 0 Å². The summed E-state index contributed by atoms with van der Waals surface area (Å²) in [4.78, 5) is 16.9. The van der Waals surface area contributed by atoms with Crippen LogP contribution < -0.4 is 5.32 Å². The van der Waals surface area contributed by atoms with Crippen LogP contribution in [0.1, 0.15) is 68.9 Å². The van der Waals surface area contributed by atoms with E-state index in [4.69, 9.17) is 4.52 Å². The van der Waals surface area contributed by atoms with Crippen molar-refractivity contribution in [1.29, 1.82) is 0 Å². The van der Waals surface area contributed by atoms with Crippen LogP contribution in [-0.2, 0) is 0 Å². The molecular formula is C18H25N3O2. The van der Waals surface area contributed by atoms with E-state index in [-0.39, 0.29) is 17.9 Å². The number of carbonyl (C=O) groups is 1. The van der Waals surface area contributed by atoms with E-state index in [1.807, 2.05) is 6.07 Å². The molecule has 1 aliphatic carbocycles. The third kappa shape index (κ3) is 3.09. The molecule has 124 valence electrons. The third-order valence-corrected chi connectivity index (χ3v) is 5.19. The van der Waals surface area contributed by atoms with Crippen molar-refractivity contribution in [2.24, 2.45) is 11.8 Å². The lowest BCUT2D eigenvalue weighted by Gasteiger charge is -2.34. The number of nitrogens with one attached hydrogen (secondary N) is 1. The average molecular weight is 315 g/mol. The Bertz CT molecular complexity index is 707. The number of fused-ring (bicyclic) bond motifs is 1. The molecule has 0 spiro atoms. The van der Waals surface area contributed by atoms with E-state index in [1.54, 1.807) is 6.20 Å². The molecule has 23 heavy (non-hydrogen) atoms. The fraction of sp³-hybridized carbons (Fsp3) is 0.611. The van der Waals surface area contributed by atoms with Crippen LogP contribution in [0.5, 0.6) is 0 Å². The summed E-state index contributed by atoms with van der Waals surface area (Å²) in [6.07, 6.45) is 5.05. The maximum atomic E-state index is 12.6. The molecule has 1 aliphatic rings. The molecule has 3 rings (SSSR count). The maximum Gasteiger partial charge on any atom is 0.257 e. The van der Waals surface area contributed by atoms with Crippen molar-refractivity contribution in [3.8, 4) is 0 Å². The Labute approximate surface area is 136 Å². The van der Waals surface area contributed by atoms with Crippen molar-refractivity contribution < 1.29 is 9.32 Å². The van der Waals surface area contributed by atoms with Gasteiger partial charge in [-0.05, 0) is 30.2 Å². The van der Waals surface area contributed by atoms with Crippen molar-refractivity contribution in [1.82, 2.24) is 15.5 Å². The molecular weight excluding hydrogens is 290 g/mol. The minimum atomic E-state index is -0.0544. The van der Waals surface area contributed by atoms with Crippen LogP contribution in [0.4, 0.5) is 0 Å². The van der Waals surface area contributed by atoms with Gasteiger partial charge in [0.25, 0.3) is 11.6 Å². The predicted octanol–water partition coefficient (Wildman–Crippen LogP) is 3.90. The second-order valence-corrected chi connectivity index (χ2v) is 7.15. The predicted molar refractivity (Wildman–Crippen MR) is 89.3 cm³/mol. The molecule has 1 fully saturated rings. The van der Waals surface area contributed by atoms with Gasteiger partial charge >= 0.3 is 0 Å². The Kier molecular flexibility index (Phi) is 4.37. The molecule has 0 unspecified atom stereocenters. The van der Waals surface area contributed by atoms with Gasteiger partial charge in [0.15, 0.2) is 0 Å². The minimum absolute atomic E-state index is 0.0544. The van der Waals surface area contributed by atoms with Gasteiger partial charge in [0.05, 0.1) is 16.6 Å². The molecule has 0 aromatic carbocycles. The van der Waals surface area contributed by atoms with Gasteiger partial charge in [-0.15, -0.1) is 0 Å². The van der Waals surface area contributed by atoms with E-state index in [2.05, 4.69) is 43.2 Å². The molecule has 5 heteroatoms. The molecule has 2 aromatic rings. The molecule has 0 radical (unpaired) electrons. The monoisotopic (exact) mass is 315 g/mol. The number of aromatic nitrogens is 2. The van der Waals surface area contributed by atoms with Crippen LogP contribution in [-0.4, -0.2) is 22.1 Å². The molecule has 0 aliphatic heterocycles. The largest absolute Gasteiger partial charge is 0.349 e. The van der Waals surface area contributed by atoms with Gasteiger partial charge in [-0.25, -0.2) is 4.98 Å². The summed E-state index contributed by atoms with van der Waals surface area (Å²) in [5, 5.41) is 8.09. The van der Waals surface area contributed by atoms with Crippen molar-refractivity contribution in [2.45, 2.75) is 58.9 Å². The zero-order chi connectivity index (χ0) is 16.6. The summed E-state index contributed by atoms with van der Waals surface area (Å²) in [6, 6.07) is 2.09. The van der Waals surface area contributed by atoms with E-state index >= 15 is 0 Å². The van der Waals surface area contributed by atoms with Crippen LogP contribution in [0.2, 0.25) is 0 Å². The Morgan fingerprint density at radius 1 is 1.35 bits per heavy atom. The van der Waals surface area contributed by atoms with Crippen molar-refractivity contribution >= 4 is 17.0 Å². The maximum absolute atomic E-state index is 12.6. The Morgan fingerprint density at radius 2 is 2.13 bits per heavy atom. The van der Waals surface area contributed by atoms with E-state index < -0.39 is 0 Å². The van der Waals surface area contributed by atoms with Crippen molar-refractivity contribution in [3.05, 3.63) is 23.5 Å². The summed E-state index contributed by atoms with van der Waals surface area (Å²) in [5.41, 5.74) is 1.92. The number of rotatable bonds is 3. The normalized spacial score (nSPS) is 25.0. The van der Waals surface area contributed by atoms with E-state index in [9.17, 15) is 4.79 Å². The van der Waals surface area contributed by atoms with Gasteiger partial charge in [0.2, 0.25) is 0 Å². The molecule has 2 heterocycles. The summed E-state index contributed by atoms with van der Waals surface area (Å²) < 4.78 is 5.23. The topological polar surface area (TPSA) is 68.0 Å². The van der Waals surface area contributed by atoms with Crippen LogP contribution in [0, 0.1) is 11.8 Å². The fourth-order valence-electron chi connectivity index (χ4n) is 3.43. The molecule has 0 bridgehead atoms. The van der Waals surface area contributed by atoms with Gasteiger partial charge < -0.3 is 9.84 Å². The van der Waals surface area contributed by atoms with E-state index in [1.165, 1.54) is 12.8 Å². The number of amides is 1. The smallest absolute Gasteiger partial charge is 0.257 e. The Balaban J connectivity index is 1.82. The molecule has 1 N–H and O–H groups in total. The highest BCUT2D eigenvalue weighted by molar-refractivity contribution is 5.97. The molecule has 2 aromatic heterocycles. The van der Waals surface area contributed by atoms with E-state index in [0.717, 1.165) is 17.5 Å². The average Bonchev–Trinajstić information content (AvgIpc) is 2.95. The molecule has 5 nitrogen and oxygen atoms in total. The quantitative estimate of drug-likeness (QED) is 0.932. The lowest BCUT2D eigenvalue weighted by molar-refractivity contribution is 0.0891. The van der Waals surface area contributed by atoms with Crippen molar-refractivity contribution in [3.63, 3.8) is 0 Å². The molecule has 0 saturated heterocycles. The van der Waals surface area contributed by atoms with E-state index in [0.29, 0.717) is 23.1 Å². The standard InChI is InChI=1S/C18H25N3O2/c1-10(2)16-14-8-13(9-19-18(14)23-21-16)17(22)20-15-7-5-6-11(3)12(15)4/h8-12,15H,5-7H2,1-4H3,(H,20,22)/t11-,12-,15-/m1/s1. The summed E-state index contributed by atoms with van der Waals surface area (Å²) in [5.74, 6) is 1.34. The van der Waals surface area contributed by atoms with Crippen LogP contribution in [0.25, 0.3) is 11.1 Å². The lowest BCUT2D eigenvalue weighted by Crippen LogP contribution is -2.43. The van der Waals surface area contributed by atoms with Crippen LogP contribution in [0.15, 0.2) is 16.8 Å². The number of carbonyl (C=O) groups excluding carboxylic acids is 1. The molecule has 1 amide bonds. The zero-order valence-electron chi connectivity index (χ0n) is 14.3.